The van der Waals surface area contributed by atoms with Crippen LogP contribution in [0, 0.1) is 11.6 Å². The molecular weight excluding hydrogens is 252 g/mol. The molecule has 0 amide bonds. The molecule has 0 radical (unpaired) electrons. The number of hydrogen-bond acceptors (Lipinski definition) is 3. The van der Waals surface area contributed by atoms with Gasteiger partial charge in [0.25, 0.3) is 0 Å². The fourth-order valence-electron chi connectivity index (χ4n) is 2.67. The average Bonchev–Trinajstić information content (AvgIpc) is 2.39. The van der Waals surface area contributed by atoms with Gasteiger partial charge in [-0.05, 0) is 25.9 Å². The molecule has 2 heterocycles. The van der Waals surface area contributed by atoms with Crippen LogP contribution in [0.25, 0.3) is 0 Å². The first-order chi connectivity index (χ1) is 9.22. The van der Waals surface area contributed by atoms with Gasteiger partial charge in [0.1, 0.15) is 18.5 Å². The van der Waals surface area contributed by atoms with E-state index < -0.39 is 11.6 Å². The molecule has 0 N–H and O–H groups in total. The van der Waals surface area contributed by atoms with E-state index in [9.17, 15) is 8.78 Å². The lowest BCUT2D eigenvalue weighted by molar-refractivity contribution is 0.0501. The number of fused-ring (bicyclic) bond motifs is 1. The molecular formula is C14H17F2NO2. The van der Waals surface area contributed by atoms with Gasteiger partial charge in [0.05, 0.1) is 0 Å². The summed E-state index contributed by atoms with van der Waals surface area (Å²) >= 11 is 0. The lowest BCUT2D eigenvalue weighted by Gasteiger charge is -2.33. The van der Waals surface area contributed by atoms with Crippen molar-refractivity contribution in [2.45, 2.75) is 25.4 Å². The molecule has 3 rings (SSSR count). The number of nitrogens with zero attached hydrogens (tertiary/aromatic N) is 1. The monoisotopic (exact) mass is 269 g/mol. The predicted octanol–water partition coefficient (Wildman–Crippen LogP) is 2.59. The number of hydrogen-bond donors (Lipinski definition) is 0. The molecule has 3 nitrogen and oxygen atoms in total. The summed E-state index contributed by atoms with van der Waals surface area (Å²) in [6.45, 7) is 3.18. The van der Waals surface area contributed by atoms with E-state index in [0.717, 1.165) is 25.7 Å². The number of piperidine rings is 1. The highest BCUT2D eigenvalue weighted by molar-refractivity contribution is 5.42. The summed E-state index contributed by atoms with van der Waals surface area (Å²) < 4.78 is 37.6. The molecule has 0 aromatic heterocycles. The number of likely N-dealkylation sites (tertiary alicyclic amines) is 1. The minimum atomic E-state index is -0.702. The first-order valence-corrected chi connectivity index (χ1v) is 6.73. The Kier molecular flexibility index (Phi) is 3.55. The van der Waals surface area contributed by atoms with E-state index in [1.54, 1.807) is 0 Å². The first kappa shape index (κ1) is 12.7. The molecule has 0 spiro atoms. The van der Waals surface area contributed by atoms with Gasteiger partial charge in [0, 0.05) is 18.7 Å². The van der Waals surface area contributed by atoms with E-state index >= 15 is 0 Å². The summed E-state index contributed by atoms with van der Waals surface area (Å²) in [5, 5.41) is 0. The van der Waals surface area contributed by atoms with E-state index in [-0.39, 0.29) is 17.6 Å². The minimum Gasteiger partial charge on any atom is -0.483 e. The van der Waals surface area contributed by atoms with Crippen LogP contribution in [-0.4, -0.2) is 37.2 Å². The van der Waals surface area contributed by atoms with E-state index in [1.807, 2.05) is 0 Å². The van der Waals surface area contributed by atoms with E-state index in [2.05, 4.69) is 4.90 Å². The van der Waals surface area contributed by atoms with Crippen molar-refractivity contribution in [3.63, 3.8) is 0 Å². The lowest BCUT2D eigenvalue weighted by Crippen LogP contribution is -2.43. The molecule has 2 aliphatic heterocycles. The summed E-state index contributed by atoms with van der Waals surface area (Å²) in [5.74, 6) is -1.15. The summed E-state index contributed by atoms with van der Waals surface area (Å²) in [4.78, 5) is 2.32. The van der Waals surface area contributed by atoms with Crippen molar-refractivity contribution in [2.24, 2.45) is 0 Å². The van der Waals surface area contributed by atoms with Gasteiger partial charge in [-0.25, -0.2) is 8.78 Å². The van der Waals surface area contributed by atoms with Crippen LogP contribution >= 0.6 is 0 Å². The van der Waals surface area contributed by atoms with Crippen LogP contribution in [-0.2, 0) is 0 Å². The zero-order valence-corrected chi connectivity index (χ0v) is 10.7. The maximum Gasteiger partial charge on any atom is 0.197 e. The number of halogens is 2. The number of benzene rings is 1. The third-order valence-corrected chi connectivity index (χ3v) is 3.59. The molecule has 1 aromatic rings. The standard InChI is InChI=1S/C14H17F2NO2/c15-10-6-12(16)14-13(7-10)19-11(9-18-14)8-17-4-2-1-3-5-17/h6-7,11H,1-5,8-9H2. The van der Waals surface area contributed by atoms with Crippen LogP contribution in [0.15, 0.2) is 12.1 Å². The molecule has 0 bridgehead atoms. The van der Waals surface area contributed by atoms with Crippen molar-refractivity contribution in [3.8, 4) is 11.5 Å². The molecule has 1 unspecified atom stereocenters. The van der Waals surface area contributed by atoms with Crippen molar-refractivity contribution in [1.82, 2.24) is 4.90 Å². The fourth-order valence-corrected chi connectivity index (χ4v) is 2.67. The van der Waals surface area contributed by atoms with E-state index in [0.29, 0.717) is 6.61 Å². The molecule has 0 saturated carbocycles. The summed E-state index contributed by atoms with van der Waals surface area (Å²) in [6.07, 6.45) is 3.52. The Balaban J connectivity index is 1.67. The van der Waals surface area contributed by atoms with Gasteiger partial charge in [-0.3, -0.25) is 4.90 Å². The second-order valence-electron chi connectivity index (χ2n) is 5.13. The van der Waals surface area contributed by atoms with Crippen LogP contribution in [0.3, 0.4) is 0 Å². The highest BCUT2D eigenvalue weighted by Crippen LogP contribution is 2.35. The van der Waals surface area contributed by atoms with Crippen LogP contribution < -0.4 is 9.47 Å². The third kappa shape index (κ3) is 2.81. The van der Waals surface area contributed by atoms with Crippen molar-refractivity contribution >= 4 is 0 Å². The van der Waals surface area contributed by atoms with Crippen molar-refractivity contribution in [1.29, 1.82) is 0 Å². The Morgan fingerprint density at radius 3 is 2.74 bits per heavy atom. The molecule has 1 atom stereocenters. The fraction of sp³-hybridized carbons (Fsp3) is 0.571. The Morgan fingerprint density at radius 1 is 1.16 bits per heavy atom. The largest absolute Gasteiger partial charge is 0.483 e. The summed E-state index contributed by atoms with van der Waals surface area (Å²) in [5.41, 5.74) is 0. The summed E-state index contributed by atoms with van der Waals surface area (Å²) in [6, 6.07) is 1.99. The zero-order valence-electron chi connectivity index (χ0n) is 10.7. The smallest absolute Gasteiger partial charge is 0.197 e. The van der Waals surface area contributed by atoms with E-state index in [4.69, 9.17) is 9.47 Å². The normalized spacial score (nSPS) is 23.4. The predicted molar refractivity (Wildman–Crippen MR) is 66.6 cm³/mol. The van der Waals surface area contributed by atoms with Gasteiger partial charge in [0.2, 0.25) is 0 Å². The van der Waals surface area contributed by atoms with Crippen LogP contribution in [0.2, 0.25) is 0 Å². The SMILES string of the molecule is Fc1cc(F)c2c(c1)OC(CN1CCCCC1)CO2. The summed E-state index contributed by atoms with van der Waals surface area (Å²) in [7, 11) is 0. The van der Waals surface area contributed by atoms with Crippen LogP contribution in [0.1, 0.15) is 19.3 Å². The first-order valence-electron chi connectivity index (χ1n) is 6.73. The maximum absolute atomic E-state index is 13.5. The highest BCUT2D eigenvalue weighted by Gasteiger charge is 2.26. The van der Waals surface area contributed by atoms with E-state index in [1.165, 1.54) is 25.3 Å². The number of ether oxygens (including phenoxy) is 2. The van der Waals surface area contributed by atoms with Gasteiger partial charge < -0.3 is 9.47 Å². The average molecular weight is 269 g/mol. The van der Waals surface area contributed by atoms with Gasteiger partial charge in [-0.15, -0.1) is 0 Å². The minimum absolute atomic E-state index is 0.0243. The topological polar surface area (TPSA) is 21.7 Å². The molecule has 1 fully saturated rings. The van der Waals surface area contributed by atoms with Crippen molar-refractivity contribution in [2.75, 3.05) is 26.2 Å². The molecule has 2 aliphatic rings. The second-order valence-corrected chi connectivity index (χ2v) is 5.13. The second kappa shape index (κ2) is 5.33. The van der Waals surface area contributed by atoms with Gasteiger partial charge in [-0.1, -0.05) is 6.42 Å². The highest BCUT2D eigenvalue weighted by atomic mass is 19.1. The quantitative estimate of drug-likeness (QED) is 0.823. The maximum atomic E-state index is 13.5. The Bertz CT molecular complexity index is 461. The zero-order chi connectivity index (χ0) is 13.2. The molecule has 19 heavy (non-hydrogen) atoms. The number of rotatable bonds is 2. The van der Waals surface area contributed by atoms with Crippen molar-refractivity contribution < 1.29 is 18.3 Å². The Hall–Kier alpha value is -1.36. The molecule has 1 aromatic carbocycles. The molecule has 0 aliphatic carbocycles. The molecule has 5 heteroatoms. The van der Waals surface area contributed by atoms with Crippen molar-refractivity contribution in [3.05, 3.63) is 23.8 Å². The molecule has 104 valence electrons. The molecule has 1 saturated heterocycles. The Labute approximate surface area is 111 Å². The van der Waals surface area contributed by atoms with Gasteiger partial charge >= 0.3 is 0 Å². The van der Waals surface area contributed by atoms with Gasteiger partial charge in [-0.2, -0.15) is 0 Å². The Morgan fingerprint density at radius 2 is 1.95 bits per heavy atom. The lowest BCUT2D eigenvalue weighted by atomic mass is 10.1. The van der Waals surface area contributed by atoms with Crippen LogP contribution in [0.5, 0.6) is 11.5 Å². The third-order valence-electron chi connectivity index (χ3n) is 3.59. The van der Waals surface area contributed by atoms with Crippen LogP contribution in [0.4, 0.5) is 8.78 Å². The van der Waals surface area contributed by atoms with Gasteiger partial charge in [0.15, 0.2) is 17.3 Å².